The van der Waals surface area contributed by atoms with Crippen LogP contribution in [0.3, 0.4) is 0 Å². The summed E-state index contributed by atoms with van der Waals surface area (Å²) in [6, 6.07) is 7.24. The maximum atomic E-state index is 12.6. The minimum Gasteiger partial charge on any atom is -0.409 e. The van der Waals surface area contributed by atoms with Gasteiger partial charge in [-0.05, 0) is 18.6 Å². The number of rotatable bonds is 3. The van der Waals surface area contributed by atoms with Crippen molar-refractivity contribution in [3.63, 3.8) is 0 Å². The van der Waals surface area contributed by atoms with Crippen LogP contribution in [0, 0.1) is 0 Å². The zero-order valence-electron chi connectivity index (χ0n) is 14.7. The van der Waals surface area contributed by atoms with Crippen LogP contribution in [0.5, 0.6) is 5.75 Å². The molecule has 6 nitrogen and oxygen atoms in total. The summed E-state index contributed by atoms with van der Waals surface area (Å²) in [4.78, 5) is 29.3. The first-order valence-electron chi connectivity index (χ1n) is 7.65. The summed E-state index contributed by atoms with van der Waals surface area (Å²) in [5, 5.41) is 0. The Morgan fingerprint density at radius 1 is 1.08 bits per heavy atom. The van der Waals surface area contributed by atoms with Crippen molar-refractivity contribution in [3.05, 3.63) is 47.7 Å². The van der Waals surface area contributed by atoms with Gasteiger partial charge in [-0.3, -0.25) is 4.79 Å². The molecule has 1 aliphatic heterocycles. The van der Waals surface area contributed by atoms with Gasteiger partial charge in [0, 0.05) is 52.6 Å². The van der Waals surface area contributed by atoms with Crippen LogP contribution in [0.2, 0.25) is 0 Å². The van der Waals surface area contributed by atoms with Gasteiger partial charge in [0.05, 0.1) is 5.70 Å². The molecule has 0 atom stereocenters. The first-order valence-corrected chi connectivity index (χ1v) is 7.65. The van der Waals surface area contributed by atoms with Gasteiger partial charge in [0.2, 0.25) is 0 Å². The zero-order valence-corrected chi connectivity index (χ0v) is 14.7. The highest BCUT2D eigenvalue weighted by Crippen LogP contribution is 2.34. The van der Waals surface area contributed by atoms with E-state index in [-0.39, 0.29) is 5.91 Å². The van der Waals surface area contributed by atoms with Crippen LogP contribution in [0.4, 0.5) is 4.79 Å². The van der Waals surface area contributed by atoms with E-state index < -0.39 is 6.09 Å². The molecule has 0 bridgehead atoms. The quantitative estimate of drug-likeness (QED) is 0.854. The number of carbonyl (C=O) groups excluding carboxylic acids is 2. The van der Waals surface area contributed by atoms with Crippen LogP contribution in [0.25, 0.3) is 5.70 Å². The monoisotopic (exact) mass is 329 g/mol. The highest BCUT2D eigenvalue weighted by atomic mass is 16.6. The van der Waals surface area contributed by atoms with Gasteiger partial charge in [-0.25, -0.2) is 4.79 Å². The van der Waals surface area contributed by atoms with E-state index in [9.17, 15) is 9.59 Å². The first-order chi connectivity index (χ1) is 11.3. The van der Waals surface area contributed by atoms with Gasteiger partial charge >= 0.3 is 6.09 Å². The predicted octanol–water partition coefficient (Wildman–Crippen LogP) is 2.40. The fraction of sp³-hybridized carbons (Fsp3) is 0.333. The molecule has 24 heavy (non-hydrogen) atoms. The molecule has 0 aromatic heterocycles. The van der Waals surface area contributed by atoms with Gasteiger partial charge in [0.25, 0.3) is 5.91 Å². The van der Waals surface area contributed by atoms with Crippen molar-refractivity contribution in [2.45, 2.75) is 6.42 Å². The van der Waals surface area contributed by atoms with Crippen molar-refractivity contribution in [3.8, 4) is 5.75 Å². The summed E-state index contributed by atoms with van der Waals surface area (Å²) in [6.07, 6.45) is 3.92. The van der Waals surface area contributed by atoms with Crippen LogP contribution < -0.4 is 4.74 Å². The molecule has 1 aliphatic rings. The molecule has 0 unspecified atom stereocenters. The second kappa shape index (κ2) is 7.21. The van der Waals surface area contributed by atoms with E-state index in [1.165, 1.54) is 4.90 Å². The molecule has 1 aromatic carbocycles. The fourth-order valence-corrected chi connectivity index (χ4v) is 2.46. The average molecular weight is 329 g/mol. The van der Waals surface area contributed by atoms with E-state index in [0.29, 0.717) is 23.3 Å². The van der Waals surface area contributed by atoms with Gasteiger partial charge < -0.3 is 19.4 Å². The topological polar surface area (TPSA) is 53.1 Å². The number of benzene rings is 1. The van der Waals surface area contributed by atoms with E-state index in [1.807, 2.05) is 36.4 Å². The second-order valence-electron chi connectivity index (χ2n) is 5.99. The summed E-state index contributed by atoms with van der Waals surface area (Å²) in [5.41, 5.74) is 2.13. The lowest BCUT2D eigenvalue weighted by molar-refractivity contribution is -0.124. The van der Waals surface area contributed by atoms with E-state index in [2.05, 4.69) is 0 Å². The van der Waals surface area contributed by atoms with Gasteiger partial charge in [-0.2, -0.15) is 0 Å². The molecule has 0 N–H and O–H groups in total. The highest BCUT2D eigenvalue weighted by molar-refractivity contribution is 6.02. The molecular formula is C18H23N3O3. The van der Waals surface area contributed by atoms with Crippen molar-refractivity contribution in [1.29, 1.82) is 0 Å². The van der Waals surface area contributed by atoms with Crippen molar-refractivity contribution >= 4 is 17.7 Å². The smallest absolute Gasteiger partial charge is 0.409 e. The third-order valence-electron chi connectivity index (χ3n) is 3.66. The summed E-state index contributed by atoms with van der Waals surface area (Å²) >= 11 is 0. The number of carbonyl (C=O) groups is 2. The fourth-order valence-electron chi connectivity index (χ4n) is 2.46. The van der Waals surface area contributed by atoms with Gasteiger partial charge in [0.15, 0.2) is 0 Å². The number of amides is 2. The second-order valence-corrected chi connectivity index (χ2v) is 5.99. The van der Waals surface area contributed by atoms with Crippen molar-refractivity contribution < 1.29 is 14.3 Å². The lowest BCUT2D eigenvalue weighted by Gasteiger charge is -2.28. The van der Waals surface area contributed by atoms with Crippen molar-refractivity contribution in [2.75, 3.05) is 35.2 Å². The standard InChI is InChI=1S/C18H23N3O3/c1-19(2)17(22)14-10-8-12-21(5)16(14)13-9-6-7-11-15(13)24-18(23)20(3)4/h6-9,11-12H,10H2,1-5H3. The van der Waals surface area contributed by atoms with Crippen LogP contribution in [-0.4, -0.2) is 61.9 Å². The largest absolute Gasteiger partial charge is 0.414 e. The Balaban J connectivity index is 2.54. The summed E-state index contributed by atoms with van der Waals surface area (Å²) in [5.74, 6) is 0.368. The minimum atomic E-state index is -0.461. The van der Waals surface area contributed by atoms with Gasteiger partial charge in [-0.15, -0.1) is 0 Å². The molecule has 0 saturated carbocycles. The molecule has 0 aliphatic carbocycles. The molecular weight excluding hydrogens is 306 g/mol. The highest BCUT2D eigenvalue weighted by Gasteiger charge is 2.25. The van der Waals surface area contributed by atoms with Crippen molar-refractivity contribution in [2.24, 2.45) is 0 Å². The molecule has 2 amide bonds. The van der Waals surface area contributed by atoms with Crippen LogP contribution >= 0.6 is 0 Å². The number of hydrogen-bond acceptors (Lipinski definition) is 4. The molecule has 0 saturated heterocycles. The third kappa shape index (κ3) is 3.59. The summed E-state index contributed by atoms with van der Waals surface area (Å²) in [6.45, 7) is 0. The normalized spacial score (nSPS) is 13.8. The number of allylic oxidation sites excluding steroid dienone is 1. The Kier molecular flexibility index (Phi) is 5.28. The van der Waals surface area contributed by atoms with E-state index in [1.54, 1.807) is 45.2 Å². The van der Waals surface area contributed by atoms with Crippen LogP contribution in [0.1, 0.15) is 12.0 Å². The molecule has 6 heteroatoms. The Labute approximate surface area is 142 Å². The van der Waals surface area contributed by atoms with E-state index in [4.69, 9.17) is 4.74 Å². The Hall–Kier alpha value is -2.76. The Morgan fingerprint density at radius 3 is 2.38 bits per heavy atom. The molecule has 1 aromatic rings. The van der Waals surface area contributed by atoms with Gasteiger partial charge in [0.1, 0.15) is 5.75 Å². The molecule has 1 heterocycles. The summed E-state index contributed by atoms with van der Waals surface area (Å²) in [7, 11) is 8.58. The Morgan fingerprint density at radius 2 is 1.75 bits per heavy atom. The van der Waals surface area contributed by atoms with E-state index in [0.717, 1.165) is 5.70 Å². The SMILES string of the molecule is CN(C)C(=O)Oc1ccccc1C1=C(C(=O)N(C)C)CC=CN1C. The minimum absolute atomic E-state index is 0.0602. The molecule has 2 rings (SSSR count). The van der Waals surface area contributed by atoms with Crippen LogP contribution in [-0.2, 0) is 4.79 Å². The lowest BCUT2D eigenvalue weighted by atomic mass is 9.98. The number of likely N-dealkylation sites (N-methyl/N-ethyl adjacent to an activating group) is 1. The summed E-state index contributed by atoms with van der Waals surface area (Å²) < 4.78 is 5.47. The molecule has 0 fully saturated rings. The first kappa shape index (κ1) is 17.6. The predicted molar refractivity (Wildman–Crippen MR) is 93.3 cm³/mol. The maximum Gasteiger partial charge on any atom is 0.414 e. The molecule has 0 radical (unpaired) electrons. The number of ether oxygens (including phenoxy) is 1. The maximum absolute atomic E-state index is 12.6. The van der Waals surface area contributed by atoms with Crippen LogP contribution in [0.15, 0.2) is 42.1 Å². The molecule has 0 spiro atoms. The Bertz CT molecular complexity index is 705. The lowest BCUT2D eigenvalue weighted by Crippen LogP contribution is -2.29. The van der Waals surface area contributed by atoms with Crippen molar-refractivity contribution in [1.82, 2.24) is 14.7 Å². The van der Waals surface area contributed by atoms with E-state index >= 15 is 0 Å². The van der Waals surface area contributed by atoms with Gasteiger partial charge in [-0.1, -0.05) is 18.2 Å². The molecule has 128 valence electrons. The number of nitrogens with zero attached hydrogens (tertiary/aromatic N) is 3. The number of para-hydroxylation sites is 1. The average Bonchev–Trinajstić information content (AvgIpc) is 2.54. The third-order valence-corrected chi connectivity index (χ3v) is 3.66. The number of hydrogen-bond donors (Lipinski definition) is 0. The zero-order chi connectivity index (χ0) is 17.9.